The summed E-state index contributed by atoms with van der Waals surface area (Å²) in [7, 11) is 0. The number of hydrogen-bond donors (Lipinski definition) is 0. The van der Waals surface area contributed by atoms with Crippen LogP contribution in [0.4, 0.5) is 0 Å². The van der Waals surface area contributed by atoms with Crippen LogP contribution in [0.5, 0.6) is 0 Å². The number of carbonyl (C=O) groups excluding carboxylic acids is 2. The summed E-state index contributed by atoms with van der Waals surface area (Å²) >= 11 is 0. The van der Waals surface area contributed by atoms with Gasteiger partial charge in [-0.15, -0.1) is 0 Å². The van der Waals surface area contributed by atoms with Crippen LogP contribution in [0.25, 0.3) is 0 Å². The molecule has 1 aliphatic rings. The Morgan fingerprint density at radius 1 is 1.00 bits per heavy atom. The van der Waals surface area contributed by atoms with Crippen LogP contribution < -0.4 is 0 Å². The van der Waals surface area contributed by atoms with Gasteiger partial charge in [-0.1, -0.05) is 30.3 Å². The SMILES string of the molecule is O=C1C=CC(=O)C(c2ccccc2)C1. The molecule has 2 nitrogen and oxygen atoms in total. The van der Waals surface area contributed by atoms with Crippen LogP contribution in [0.1, 0.15) is 17.9 Å². The zero-order chi connectivity index (χ0) is 9.97. The van der Waals surface area contributed by atoms with Gasteiger partial charge in [-0.25, -0.2) is 0 Å². The Bertz CT molecular complexity index is 390. The van der Waals surface area contributed by atoms with Crippen LogP contribution in [-0.4, -0.2) is 11.6 Å². The predicted octanol–water partition coefficient (Wildman–Crippen LogP) is 1.87. The van der Waals surface area contributed by atoms with Crippen molar-refractivity contribution in [3.05, 3.63) is 48.0 Å². The van der Waals surface area contributed by atoms with Crippen LogP contribution in [0, 0.1) is 0 Å². The first-order chi connectivity index (χ1) is 6.77. The molecule has 0 saturated carbocycles. The zero-order valence-corrected chi connectivity index (χ0v) is 7.64. The molecule has 0 bridgehead atoms. The zero-order valence-electron chi connectivity index (χ0n) is 7.64. The Balaban J connectivity index is 2.32. The number of ketones is 2. The molecule has 2 rings (SSSR count). The van der Waals surface area contributed by atoms with Crippen LogP contribution in [-0.2, 0) is 9.59 Å². The molecule has 0 fully saturated rings. The summed E-state index contributed by atoms with van der Waals surface area (Å²) in [5.74, 6) is -0.219. The third-order valence-corrected chi connectivity index (χ3v) is 2.38. The predicted molar refractivity (Wildman–Crippen MR) is 53.0 cm³/mol. The van der Waals surface area contributed by atoms with Gasteiger partial charge in [-0.3, -0.25) is 9.59 Å². The fraction of sp³-hybridized carbons (Fsp3) is 0.167. The van der Waals surface area contributed by atoms with E-state index in [0.29, 0.717) is 6.42 Å². The van der Waals surface area contributed by atoms with Gasteiger partial charge in [0.25, 0.3) is 0 Å². The van der Waals surface area contributed by atoms with Gasteiger partial charge in [0.1, 0.15) is 0 Å². The fourth-order valence-electron chi connectivity index (χ4n) is 1.63. The molecular weight excluding hydrogens is 176 g/mol. The minimum absolute atomic E-state index is 0.0239. The third-order valence-electron chi connectivity index (χ3n) is 2.38. The third kappa shape index (κ3) is 1.64. The first kappa shape index (κ1) is 8.88. The largest absolute Gasteiger partial charge is 0.295 e. The van der Waals surface area contributed by atoms with Crippen molar-refractivity contribution in [3.63, 3.8) is 0 Å². The molecule has 1 aliphatic carbocycles. The molecule has 0 aromatic heterocycles. The Hall–Kier alpha value is -1.70. The summed E-state index contributed by atoms with van der Waals surface area (Å²) in [6.45, 7) is 0. The molecule has 1 unspecified atom stereocenters. The average Bonchev–Trinajstić information content (AvgIpc) is 2.23. The van der Waals surface area contributed by atoms with E-state index in [1.54, 1.807) is 0 Å². The fourth-order valence-corrected chi connectivity index (χ4v) is 1.63. The van der Waals surface area contributed by atoms with Gasteiger partial charge in [0, 0.05) is 6.42 Å². The second-order valence-electron chi connectivity index (χ2n) is 3.37. The van der Waals surface area contributed by atoms with Crippen LogP contribution in [0.3, 0.4) is 0 Å². The van der Waals surface area contributed by atoms with Crippen molar-refractivity contribution in [1.29, 1.82) is 0 Å². The summed E-state index contributed by atoms with van der Waals surface area (Å²) < 4.78 is 0. The van der Waals surface area contributed by atoms with Crippen LogP contribution >= 0.6 is 0 Å². The summed E-state index contributed by atoms with van der Waals surface area (Å²) in [5, 5.41) is 0. The second kappa shape index (κ2) is 3.58. The van der Waals surface area contributed by atoms with Gasteiger partial charge in [0.05, 0.1) is 5.92 Å². The summed E-state index contributed by atoms with van der Waals surface area (Å²) in [4.78, 5) is 22.7. The van der Waals surface area contributed by atoms with Crippen molar-refractivity contribution in [3.8, 4) is 0 Å². The first-order valence-corrected chi connectivity index (χ1v) is 4.57. The van der Waals surface area contributed by atoms with E-state index in [0.717, 1.165) is 5.56 Å². The van der Waals surface area contributed by atoms with Crippen LogP contribution in [0.15, 0.2) is 42.5 Å². The molecule has 0 N–H and O–H groups in total. The number of hydrogen-bond acceptors (Lipinski definition) is 2. The van der Waals surface area contributed by atoms with E-state index in [2.05, 4.69) is 0 Å². The van der Waals surface area contributed by atoms with E-state index in [9.17, 15) is 9.59 Å². The van der Waals surface area contributed by atoms with E-state index >= 15 is 0 Å². The van der Waals surface area contributed by atoms with E-state index in [1.165, 1.54) is 12.2 Å². The average molecular weight is 186 g/mol. The molecular formula is C12H10O2. The highest BCUT2D eigenvalue weighted by atomic mass is 16.1. The van der Waals surface area contributed by atoms with Crippen molar-refractivity contribution >= 4 is 11.6 Å². The smallest absolute Gasteiger partial charge is 0.163 e. The molecule has 0 radical (unpaired) electrons. The standard InChI is InChI=1S/C12H10O2/c13-10-6-7-12(14)11(8-10)9-4-2-1-3-5-9/h1-7,11H,8H2. The molecule has 0 spiro atoms. The number of carbonyl (C=O) groups is 2. The van der Waals surface area contributed by atoms with E-state index in [4.69, 9.17) is 0 Å². The molecule has 70 valence electrons. The number of benzene rings is 1. The highest BCUT2D eigenvalue weighted by Gasteiger charge is 2.24. The number of rotatable bonds is 1. The Labute approximate surface area is 82.2 Å². The summed E-state index contributed by atoms with van der Waals surface area (Å²) in [6, 6.07) is 9.43. The lowest BCUT2D eigenvalue weighted by Gasteiger charge is -2.15. The van der Waals surface area contributed by atoms with Crippen molar-refractivity contribution in [2.75, 3.05) is 0 Å². The molecule has 14 heavy (non-hydrogen) atoms. The van der Waals surface area contributed by atoms with Crippen molar-refractivity contribution in [1.82, 2.24) is 0 Å². The van der Waals surface area contributed by atoms with Crippen LogP contribution in [0.2, 0.25) is 0 Å². The summed E-state index contributed by atoms with van der Waals surface area (Å²) in [5.41, 5.74) is 0.926. The van der Waals surface area contributed by atoms with Gasteiger partial charge < -0.3 is 0 Å². The van der Waals surface area contributed by atoms with Crippen molar-refractivity contribution in [2.45, 2.75) is 12.3 Å². The molecule has 1 atom stereocenters. The van der Waals surface area contributed by atoms with Gasteiger partial charge in [0.2, 0.25) is 0 Å². The highest BCUT2D eigenvalue weighted by molar-refractivity contribution is 6.08. The highest BCUT2D eigenvalue weighted by Crippen LogP contribution is 2.24. The molecule has 2 heteroatoms. The molecule has 0 heterocycles. The maximum atomic E-state index is 11.5. The van der Waals surface area contributed by atoms with E-state index < -0.39 is 0 Å². The normalized spacial score (nSPS) is 21.3. The topological polar surface area (TPSA) is 34.1 Å². The maximum Gasteiger partial charge on any atom is 0.163 e. The number of allylic oxidation sites excluding steroid dienone is 2. The maximum absolute atomic E-state index is 11.5. The molecule has 1 aromatic rings. The Morgan fingerprint density at radius 2 is 1.71 bits per heavy atom. The molecule has 1 aromatic carbocycles. The quantitative estimate of drug-likeness (QED) is 0.671. The minimum Gasteiger partial charge on any atom is -0.295 e. The van der Waals surface area contributed by atoms with E-state index in [-0.39, 0.29) is 17.5 Å². The van der Waals surface area contributed by atoms with Crippen molar-refractivity contribution in [2.24, 2.45) is 0 Å². The first-order valence-electron chi connectivity index (χ1n) is 4.57. The monoisotopic (exact) mass is 186 g/mol. The molecule has 0 amide bonds. The molecule has 0 saturated heterocycles. The van der Waals surface area contributed by atoms with Gasteiger partial charge >= 0.3 is 0 Å². The van der Waals surface area contributed by atoms with Gasteiger partial charge in [-0.2, -0.15) is 0 Å². The summed E-state index contributed by atoms with van der Waals surface area (Å²) in [6.07, 6.45) is 3.05. The lowest BCUT2D eigenvalue weighted by molar-refractivity contribution is -0.122. The van der Waals surface area contributed by atoms with Gasteiger partial charge in [-0.05, 0) is 17.7 Å². The van der Waals surface area contributed by atoms with Crippen molar-refractivity contribution < 1.29 is 9.59 Å². The molecule has 0 aliphatic heterocycles. The minimum atomic E-state index is -0.270. The second-order valence-corrected chi connectivity index (χ2v) is 3.37. The van der Waals surface area contributed by atoms with Gasteiger partial charge in [0.15, 0.2) is 11.6 Å². The van der Waals surface area contributed by atoms with E-state index in [1.807, 2.05) is 30.3 Å². The Kier molecular flexibility index (Phi) is 2.27. The lowest BCUT2D eigenvalue weighted by atomic mass is 9.86. The lowest BCUT2D eigenvalue weighted by Crippen LogP contribution is -2.18. The Morgan fingerprint density at radius 3 is 2.43 bits per heavy atom.